The third-order valence-corrected chi connectivity index (χ3v) is 4.31. The number of likely N-dealkylation sites (N-methyl/N-ethyl adjacent to an activating group) is 1. The highest BCUT2D eigenvalue weighted by Gasteiger charge is 2.20. The maximum Gasteiger partial charge on any atom is 0.256 e. The van der Waals surface area contributed by atoms with Crippen molar-refractivity contribution in [3.05, 3.63) is 57.5 Å². The summed E-state index contributed by atoms with van der Waals surface area (Å²) in [7, 11) is 1.72. The minimum absolute atomic E-state index is 0.0295. The average molecular weight is 291 g/mol. The first-order chi connectivity index (χ1) is 9.49. The zero-order valence-electron chi connectivity index (χ0n) is 11.9. The molecule has 0 saturated carbocycles. The molecule has 1 unspecified atom stereocenters. The van der Waals surface area contributed by atoms with E-state index in [9.17, 15) is 9.18 Å². The molecule has 0 spiro atoms. The molecule has 0 saturated heterocycles. The summed E-state index contributed by atoms with van der Waals surface area (Å²) in [4.78, 5) is 15.2. The van der Waals surface area contributed by atoms with E-state index in [0.29, 0.717) is 0 Å². The van der Waals surface area contributed by atoms with Crippen LogP contribution in [0.3, 0.4) is 0 Å². The second-order valence-corrected chi connectivity index (χ2v) is 6.06. The molecule has 4 heteroatoms. The van der Waals surface area contributed by atoms with E-state index in [2.05, 4.69) is 0 Å². The van der Waals surface area contributed by atoms with Crippen LogP contribution < -0.4 is 0 Å². The predicted octanol–water partition coefficient (Wildman–Crippen LogP) is 3.90. The van der Waals surface area contributed by atoms with Gasteiger partial charge in [0, 0.05) is 24.4 Å². The summed E-state index contributed by atoms with van der Waals surface area (Å²) in [5.74, 6) is -0.725. The van der Waals surface area contributed by atoms with Crippen molar-refractivity contribution >= 4 is 17.2 Å². The van der Waals surface area contributed by atoms with E-state index in [-0.39, 0.29) is 17.5 Å². The lowest BCUT2D eigenvalue weighted by atomic mass is 10.1. The number of aryl methyl sites for hydroxylation is 1. The van der Waals surface area contributed by atoms with Crippen LogP contribution >= 0.6 is 11.3 Å². The minimum atomic E-state index is -0.454. The summed E-state index contributed by atoms with van der Waals surface area (Å²) < 4.78 is 13.9. The molecule has 2 rings (SSSR count). The number of halogens is 1. The van der Waals surface area contributed by atoms with Gasteiger partial charge >= 0.3 is 0 Å². The first-order valence-electron chi connectivity index (χ1n) is 6.54. The van der Waals surface area contributed by atoms with Crippen molar-refractivity contribution in [3.8, 4) is 0 Å². The lowest BCUT2D eigenvalue weighted by Gasteiger charge is -2.25. The van der Waals surface area contributed by atoms with Crippen LogP contribution in [0.2, 0.25) is 0 Å². The van der Waals surface area contributed by atoms with Gasteiger partial charge in [-0.2, -0.15) is 0 Å². The number of hydrogen-bond donors (Lipinski definition) is 0. The van der Waals surface area contributed by atoms with E-state index in [1.165, 1.54) is 10.9 Å². The smallest absolute Gasteiger partial charge is 0.256 e. The van der Waals surface area contributed by atoms with Gasteiger partial charge in [0.15, 0.2) is 0 Å². The fraction of sp³-hybridized carbons (Fsp3) is 0.312. The van der Waals surface area contributed by atoms with Gasteiger partial charge in [0.2, 0.25) is 0 Å². The van der Waals surface area contributed by atoms with Crippen LogP contribution in [0.1, 0.15) is 27.7 Å². The Hall–Kier alpha value is -1.68. The molecule has 0 aliphatic carbocycles. The number of rotatable bonds is 4. The van der Waals surface area contributed by atoms with Crippen LogP contribution in [0.5, 0.6) is 0 Å². The van der Waals surface area contributed by atoms with E-state index in [1.54, 1.807) is 42.3 Å². The van der Waals surface area contributed by atoms with Crippen LogP contribution in [0.15, 0.2) is 35.7 Å². The van der Waals surface area contributed by atoms with Gasteiger partial charge in [-0.15, -0.1) is 11.3 Å². The SMILES string of the molecule is Cc1ccc(C(=O)N(C)C(C)Cc2cccs2)c(F)c1. The Kier molecular flexibility index (Phi) is 4.55. The van der Waals surface area contributed by atoms with Crippen LogP contribution in [0.25, 0.3) is 0 Å². The van der Waals surface area contributed by atoms with Crippen molar-refractivity contribution in [2.75, 3.05) is 7.05 Å². The molecule has 0 aliphatic heterocycles. The van der Waals surface area contributed by atoms with Gasteiger partial charge in [-0.3, -0.25) is 4.79 Å². The second-order valence-electron chi connectivity index (χ2n) is 5.03. The molecule has 0 fully saturated rings. The predicted molar refractivity (Wildman–Crippen MR) is 80.7 cm³/mol. The Morgan fingerprint density at radius 2 is 2.15 bits per heavy atom. The van der Waals surface area contributed by atoms with E-state index < -0.39 is 5.82 Å². The van der Waals surface area contributed by atoms with E-state index in [0.717, 1.165) is 12.0 Å². The summed E-state index contributed by atoms with van der Waals surface area (Å²) in [6.07, 6.45) is 0.785. The van der Waals surface area contributed by atoms with Gasteiger partial charge in [-0.05, 0) is 43.0 Å². The van der Waals surface area contributed by atoms with Gasteiger partial charge in [0.25, 0.3) is 5.91 Å². The zero-order chi connectivity index (χ0) is 14.7. The molecule has 2 aromatic rings. The van der Waals surface area contributed by atoms with Crippen molar-refractivity contribution in [2.24, 2.45) is 0 Å². The fourth-order valence-corrected chi connectivity index (χ4v) is 2.87. The lowest BCUT2D eigenvalue weighted by Crippen LogP contribution is -2.36. The molecule has 2 nitrogen and oxygen atoms in total. The minimum Gasteiger partial charge on any atom is -0.339 e. The molecule has 0 bridgehead atoms. The average Bonchev–Trinajstić information content (AvgIpc) is 2.90. The summed E-state index contributed by atoms with van der Waals surface area (Å²) in [5, 5.41) is 2.02. The molecule has 0 aliphatic rings. The van der Waals surface area contributed by atoms with Crippen LogP contribution in [-0.4, -0.2) is 23.9 Å². The highest BCUT2D eigenvalue weighted by molar-refractivity contribution is 7.09. The monoisotopic (exact) mass is 291 g/mol. The normalized spacial score (nSPS) is 12.2. The topological polar surface area (TPSA) is 20.3 Å². The van der Waals surface area contributed by atoms with Gasteiger partial charge in [-0.25, -0.2) is 4.39 Å². The van der Waals surface area contributed by atoms with Gasteiger partial charge in [0.05, 0.1) is 5.56 Å². The summed E-state index contributed by atoms with van der Waals surface area (Å²) in [6.45, 7) is 3.78. The molecule has 1 aromatic carbocycles. The van der Waals surface area contributed by atoms with Crippen LogP contribution in [-0.2, 0) is 6.42 Å². The number of amides is 1. The number of carbonyl (C=O) groups excluding carboxylic acids is 1. The summed E-state index contributed by atoms with van der Waals surface area (Å²) >= 11 is 1.67. The Labute approximate surface area is 122 Å². The fourth-order valence-electron chi connectivity index (χ4n) is 2.04. The van der Waals surface area contributed by atoms with Crippen molar-refractivity contribution in [3.63, 3.8) is 0 Å². The van der Waals surface area contributed by atoms with Crippen molar-refractivity contribution in [1.29, 1.82) is 0 Å². The Morgan fingerprint density at radius 1 is 1.40 bits per heavy atom. The molecular weight excluding hydrogens is 273 g/mol. The van der Waals surface area contributed by atoms with Gasteiger partial charge in [0.1, 0.15) is 5.82 Å². The van der Waals surface area contributed by atoms with Crippen molar-refractivity contribution in [1.82, 2.24) is 4.90 Å². The van der Waals surface area contributed by atoms with Crippen LogP contribution in [0, 0.1) is 12.7 Å². The highest BCUT2D eigenvalue weighted by Crippen LogP contribution is 2.17. The molecular formula is C16H18FNOS. The molecule has 106 valence electrons. The highest BCUT2D eigenvalue weighted by atomic mass is 32.1. The summed E-state index contributed by atoms with van der Waals surface area (Å²) in [5.41, 5.74) is 0.949. The van der Waals surface area contributed by atoms with Gasteiger partial charge in [-0.1, -0.05) is 12.1 Å². The lowest BCUT2D eigenvalue weighted by molar-refractivity contribution is 0.0739. The largest absolute Gasteiger partial charge is 0.339 e. The second kappa shape index (κ2) is 6.18. The number of benzene rings is 1. The Bertz CT molecular complexity index is 595. The first-order valence-corrected chi connectivity index (χ1v) is 7.42. The summed E-state index contributed by atoms with van der Waals surface area (Å²) in [6, 6.07) is 8.78. The Balaban J connectivity index is 2.11. The number of hydrogen-bond acceptors (Lipinski definition) is 2. The third-order valence-electron chi connectivity index (χ3n) is 3.41. The van der Waals surface area contributed by atoms with Crippen LogP contribution in [0.4, 0.5) is 4.39 Å². The standard InChI is InChI=1S/C16H18FNOS/c1-11-6-7-14(15(17)9-11)16(19)18(3)12(2)10-13-5-4-8-20-13/h4-9,12H,10H2,1-3H3. The number of carbonyl (C=O) groups is 1. The molecule has 1 aromatic heterocycles. The van der Waals surface area contributed by atoms with Gasteiger partial charge < -0.3 is 4.90 Å². The van der Waals surface area contributed by atoms with E-state index >= 15 is 0 Å². The van der Waals surface area contributed by atoms with E-state index in [1.807, 2.05) is 24.4 Å². The quantitative estimate of drug-likeness (QED) is 0.836. The zero-order valence-corrected chi connectivity index (χ0v) is 12.7. The molecule has 1 heterocycles. The molecule has 20 heavy (non-hydrogen) atoms. The maximum absolute atomic E-state index is 13.9. The molecule has 1 amide bonds. The third kappa shape index (κ3) is 3.25. The van der Waals surface area contributed by atoms with E-state index in [4.69, 9.17) is 0 Å². The first kappa shape index (κ1) is 14.7. The number of thiophene rings is 1. The molecule has 0 N–H and O–H groups in total. The molecule has 1 atom stereocenters. The molecule has 0 radical (unpaired) electrons. The maximum atomic E-state index is 13.9. The van der Waals surface area contributed by atoms with Crippen molar-refractivity contribution < 1.29 is 9.18 Å². The number of nitrogens with zero attached hydrogens (tertiary/aromatic N) is 1. The van der Waals surface area contributed by atoms with Crippen molar-refractivity contribution in [2.45, 2.75) is 26.3 Å². The Morgan fingerprint density at radius 3 is 2.75 bits per heavy atom.